The zero-order valence-electron chi connectivity index (χ0n) is 8.08. The minimum atomic E-state index is -0.741. The summed E-state index contributed by atoms with van der Waals surface area (Å²) in [5.41, 5.74) is 0. The van der Waals surface area contributed by atoms with E-state index in [0.29, 0.717) is 10.8 Å². The number of ether oxygens (including phenoxy) is 1. The van der Waals surface area contributed by atoms with Crippen LogP contribution >= 0.6 is 11.6 Å². The second-order valence-electron chi connectivity index (χ2n) is 3.13. The SMILES string of the molecule is Fc1ccc(Oc2ccc(Cl)cc2)c(F)c1. The average Bonchev–Trinajstić information content (AvgIpc) is 2.25. The van der Waals surface area contributed by atoms with Gasteiger partial charge < -0.3 is 4.74 Å². The molecule has 4 heteroatoms. The molecule has 0 fully saturated rings. The van der Waals surface area contributed by atoms with Crippen molar-refractivity contribution in [3.8, 4) is 11.5 Å². The molecule has 0 atom stereocenters. The fourth-order valence-corrected chi connectivity index (χ4v) is 1.31. The van der Waals surface area contributed by atoms with E-state index in [1.54, 1.807) is 24.3 Å². The molecule has 0 saturated heterocycles. The van der Waals surface area contributed by atoms with Crippen molar-refractivity contribution in [2.75, 3.05) is 0 Å². The molecule has 2 aromatic rings. The van der Waals surface area contributed by atoms with Gasteiger partial charge in [-0.2, -0.15) is 0 Å². The largest absolute Gasteiger partial charge is 0.454 e. The highest BCUT2D eigenvalue weighted by Crippen LogP contribution is 2.25. The summed E-state index contributed by atoms with van der Waals surface area (Å²) in [6, 6.07) is 9.59. The van der Waals surface area contributed by atoms with Crippen LogP contribution < -0.4 is 4.74 Å². The Morgan fingerprint density at radius 1 is 0.938 bits per heavy atom. The van der Waals surface area contributed by atoms with Crippen LogP contribution in [0.2, 0.25) is 5.02 Å². The molecule has 0 aromatic heterocycles. The zero-order chi connectivity index (χ0) is 11.5. The van der Waals surface area contributed by atoms with E-state index in [-0.39, 0.29) is 5.75 Å². The number of rotatable bonds is 2. The standard InChI is InChI=1S/C12H7ClF2O/c13-8-1-4-10(5-2-8)16-12-6-3-9(14)7-11(12)15/h1-7H. The summed E-state index contributed by atoms with van der Waals surface area (Å²) in [6.07, 6.45) is 0. The van der Waals surface area contributed by atoms with Gasteiger partial charge in [-0.25, -0.2) is 8.78 Å². The van der Waals surface area contributed by atoms with E-state index in [1.807, 2.05) is 0 Å². The summed E-state index contributed by atoms with van der Waals surface area (Å²) in [4.78, 5) is 0. The average molecular weight is 241 g/mol. The lowest BCUT2D eigenvalue weighted by Gasteiger charge is -2.06. The van der Waals surface area contributed by atoms with Crippen LogP contribution in [-0.2, 0) is 0 Å². The van der Waals surface area contributed by atoms with Crippen molar-refractivity contribution in [2.24, 2.45) is 0 Å². The summed E-state index contributed by atoms with van der Waals surface area (Å²) >= 11 is 5.69. The molecule has 2 rings (SSSR count). The summed E-state index contributed by atoms with van der Waals surface area (Å²) in [7, 11) is 0. The summed E-state index contributed by atoms with van der Waals surface area (Å²) < 4.78 is 31.1. The Balaban J connectivity index is 2.23. The maximum atomic E-state index is 13.2. The third-order valence-corrected chi connectivity index (χ3v) is 2.19. The quantitative estimate of drug-likeness (QED) is 0.756. The molecule has 1 nitrogen and oxygen atoms in total. The van der Waals surface area contributed by atoms with Crippen molar-refractivity contribution in [2.45, 2.75) is 0 Å². The molecule has 0 amide bonds. The first-order chi connectivity index (χ1) is 7.65. The summed E-state index contributed by atoms with van der Waals surface area (Å²) in [5, 5.41) is 0.562. The first-order valence-corrected chi connectivity index (χ1v) is 4.91. The fraction of sp³-hybridized carbons (Fsp3) is 0. The topological polar surface area (TPSA) is 9.23 Å². The van der Waals surface area contributed by atoms with Gasteiger partial charge in [0.25, 0.3) is 0 Å². The van der Waals surface area contributed by atoms with E-state index in [0.717, 1.165) is 12.1 Å². The van der Waals surface area contributed by atoms with E-state index in [2.05, 4.69) is 0 Å². The highest BCUT2D eigenvalue weighted by Gasteiger charge is 2.05. The van der Waals surface area contributed by atoms with E-state index in [4.69, 9.17) is 16.3 Å². The predicted octanol–water partition coefficient (Wildman–Crippen LogP) is 4.41. The molecule has 2 aromatic carbocycles. The molecular formula is C12H7ClF2O. The van der Waals surface area contributed by atoms with Crippen LogP contribution in [-0.4, -0.2) is 0 Å². The van der Waals surface area contributed by atoms with Gasteiger partial charge in [-0.15, -0.1) is 0 Å². The van der Waals surface area contributed by atoms with Crippen LogP contribution in [0.5, 0.6) is 11.5 Å². The van der Waals surface area contributed by atoms with Crippen LogP contribution in [0.15, 0.2) is 42.5 Å². The van der Waals surface area contributed by atoms with Gasteiger partial charge in [0.15, 0.2) is 11.6 Å². The lowest BCUT2D eigenvalue weighted by Crippen LogP contribution is -1.89. The minimum Gasteiger partial charge on any atom is -0.454 e. The second kappa shape index (κ2) is 4.49. The molecule has 0 aliphatic rings. The number of halogens is 3. The number of hydrogen-bond donors (Lipinski definition) is 0. The first-order valence-electron chi connectivity index (χ1n) is 4.53. The Bertz CT molecular complexity index is 497. The van der Waals surface area contributed by atoms with Crippen LogP contribution in [0, 0.1) is 11.6 Å². The van der Waals surface area contributed by atoms with Crippen LogP contribution in [0.3, 0.4) is 0 Å². The van der Waals surface area contributed by atoms with Gasteiger partial charge in [-0.05, 0) is 36.4 Å². The molecule has 0 aliphatic carbocycles. The zero-order valence-corrected chi connectivity index (χ0v) is 8.84. The van der Waals surface area contributed by atoms with Crippen molar-refractivity contribution >= 4 is 11.6 Å². The Morgan fingerprint density at radius 3 is 2.25 bits per heavy atom. The third kappa shape index (κ3) is 2.49. The van der Waals surface area contributed by atoms with E-state index < -0.39 is 11.6 Å². The first kappa shape index (κ1) is 10.9. The fourth-order valence-electron chi connectivity index (χ4n) is 1.19. The lowest BCUT2D eigenvalue weighted by molar-refractivity contribution is 0.437. The molecule has 0 N–H and O–H groups in total. The Hall–Kier alpha value is -1.61. The molecule has 0 saturated carbocycles. The normalized spacial score (nSPS) is 10.2. The minimum absolute atomic E-state index is 0.0243. The van der Waals surface area contributed by atoms with E-state index in [1.165, 1.54) is 6.07 Å². The molecular weight excluding hydrogens is 234 g/mol. The van der Waals surface area contributed by atoms with Gasteiger partial charge in [-0.1, -0.05) is 11.6 Å². The molecule has 0 spiro atoms. The molecule has 0 aliphatic heterocycles. The van der Waals surface area contributed by atoms with Crippen LogP contribution in [0.1, 0.15) is 0 Å². The predicted molar refractivity (Wildman–Crippen MR) is 57.9 cm³/mol. The summed E-state index contributed by atoms with van der Waals surface area (Å²) in [5.74, 6) is -0.963. The molecule has 0 bridgehead atoms. The van der Waals surface area contributed by atoms with Gasteiger partial charge in [0.1, 0.15) is 11.6 Å². The Kier molecular flexibility index (Phi) is 3.06. The Morgan fingerprint density at radius 2 is 1.62 bits per heavy atom. The van der Waals surface area contributed by atoms with Gasteiger partial charge in [0.2, 0.25) is 0 Å². The monoisotopic (exact) mass is 240 g/mol. The van der Waals surface area contributed by atoms with Gasteiger partial charge in [-0.3, -0.25) is 0 Å². The smallest absolute Gasteiger partial charge is 0.168 e. The molecule has 0 heterocycles. The maximum Gasteiger partial charge on any atom is 0.168 e. The Labute approximate surface area is 96.2 Å². The number of hydrogen-bond acceptors (Lipinski definition) is 1. The molecule has 0 radical (unpaired) electrons. The van der Waals surface area contributed by atoms with Crippen LogP contribution in [0.25, 0.3) is 0 Å². The molecule has 0 unspecified atom stereocenters. The lowest BCUT2D eigenvalue weighted by atomic mass is 10.3. The van der Waals surface area contributed by atoms with Crippen molar-refractivity contribution in [1.29, 1.82) is 0 Å². The highest BCUT2D eigenvalue weighted by molar-refractivity contribution is 6.30. The van der Waals surface area contributed by atoms with Gasteiger partial charge >= 0.3 is 0 Å². The van der Waals surface area contributed by atoms with E-state index in [9.17, 15) is 8.78 Å². The third-order valence-electron chi connectivity index (χ3n) is 1.94. The van der Waals surface area contributed by atoms with Crippen LogP contribution in [0.4, 0.5) is 8.78 Å². The van der Waals surface area contributed by atoms with Crippen molar-refractivity contribution < 1.29 is 13.5 Å². The summed E-state index contributed by atoms with van der Waals surface area (Å²) in [6.45, 7) is 0. The molecule has 16 heavy (non-hydrogen) atoms. The van der Waals surface area contributed by atoms with Crippen molar-refractivity contribution in [1.82, 2.24) is 0 Å². The van der Waals surface area contributed by atoms with E-state index >= 15 is 0 Å². The van der Waals surface area contributed by atoms with Crippen molar-refractivity contribution in [3.63, 3.8) is 0 Å². The second-order valence-corrected chi connectivity index (χ2v) is 3.57. The number of benzene rings is 2. The molecule has 82 valence electrons. The van der Waals surface area contributed by atoms with Crippen molar-refractivity contribution in [3.05, 3.63) is 59.1 Å². The highest BCUT2D eigenvalue weighted by atomic mass is 35.5. The maximum absolute atomic E-state index is 13.2. The van der Waals surface area contributed by atoms with Gasteiger partial charge in [0.05, 0.1) is 0 Å². The van der Waals surface area contributed by atoms with Gasteiger partial charge in [0, 0.05) is 11.1 Å².